The van der Waals surface area contributed by atoms with Crippen LogP contribution >= 0.6 is 0 Å². The minimum absolute atomic E-state index is 0.183. The van der Waals surface area contributed by atoms with Crippen LogP contribution in [0.1, 0.15) is 12.0 Å². The number of amidine groups is 1. The second-order valence-electron chi connectivity index (χ2n) is 5.30. The zero-order chi connectivity index (χ0) is 16.6. The van der Waals surface area contributed by atoms with E-state index >= 15 is 0 Å². The molecule has 1 heterocycles. The molecule has 122 valence electrons. The van der Waals surface area contributed by atoms with Crippen molar-refractivity contribution in [1.82, 2.24) is 5.27 Å². The number of hydrogen-bond acceptors (Lipinski definition) is 4. The molecular weight excluding hydrogens is 304 g/mol. The Hall–Kier alpha value is -3.15. The molecule has 0 fully saturated rings. The molecule has 0 aliphatic heterocycles. The lowest BCUT2D eigenvalue weighted by Gasteiger charge is -2.11. The topological polar surface area (TPSA) is 77.4 Å². The average Bonchev–Trinajstić information content (AvgIpc) is 3.04. The molecule has 0 spiro atoms. The van der Waals surface area contributed by atoms with Crippen molar-refractivity contribution in [2.45, 2.75) is 19.4 Å². The first kappa shape index (κ1) is 15.7. The van der Waals surface area contributed by atoms with E-state index in [1.807, 2.05) is 36.4 Å². The summed E-state index contributed by atoms with van der Waals surface area (Å²) in [6, 6.07) is 18.9. The van der Waals surface area contributed by atoms with Crippen LogP contribution in [0.4, 0.5) is 11.6 Å². The van der Waals surface area contributed by atoms with Gasteiger partial charge in [0.05, 0.1) is 6.02 Å². The third-order valence-electron chi connectivity index (χ3n) is 3.43. The van der Waals surface area contributed by atoms with Gasteiger partial charge < -0.3 is 10.4 Å². The third kappa shape index (κ3) is 4.67. The Kier molecular flexibility index (Phi) is 5.19. The standard InChI is InChI=1S/C18H18N4O2/c23-18(19-16-11-5-2-6-12-16)20-17-14-22(21-24-17)13-7-10-15-8-3-1-4-9-15/h1-6,8-9,11-12,14H,7,10,13H2,(H-,19,20,21,23). The number of para-hydroxylation sites is 1. The maximum absolute atomic E-state index is 11.8. The molecule has 0 radical (unpaired) electrons. The number of aromatic nitrogens is 2. The minimum atomic E-state index is -0.492. The Morgan fingerprint density at radius 3 is 2.54 bits per heavy atom. The maximum Gasteiger partial charge on any atom is 0.322 e. The molecule has 0 aliphatic carbocycles. The third-order valence-corrected chi connectivity index (χ3v) is 3.43. The van der Waals surface area contributed by atoms with Crippen molar-refractivity contribution in [3.63, 3.8) is 0 Å². The normalized spacial score (nSPS) is 11.4. The number of rotatable bonds is 6. The van der Waals surface area contributed by atoms with E-state index in [9.17, 15) is 5.11 Å². The van der Waals surface area contributed by atoms with Gasteiger partial charge in [-0.2, -0.15) is 0 Å². The largest absolute Gasteiger partial charge is 0.846 e. The van der Waals surface area contributed by atoms with Crippen LogP contribution < -0.4 is 15.1 Å². The summed E-state index contributed by atoms with van der Waals surface area (Å²) < 4.78 is 6.71. The summed E-state index contributed by atoms with van der Waals surface area (Å²) in [6.45, 7) is 0.703. The fourth-order valence-corrected chi connectivity index (χ4v) is 2.29. The highest BCUT2D eigenvalue weighted by atomic mass is 16.5. The highest BCUT2D eigenvalue weighted by Gasteiger charge is 2.10. The molecule has 0 unspecified atom stereocenters. The van der Waals surface area contributed by atoms with E-state index in [0.29, 0.717) is 12.2 Å². The summed E-state index contributed by atoms with van der Waals surface area (Å²) in [4.78, 5) is 3.84. The summed E-state index contributed by atoms with van der Waals surface area (Å²) >= 11 is 0. The van der Waals surface area contributed by atoms with E-state index in [1.165, 1.54) is 5.56 Å². The molecule has 3 rings (SSSR count). The Morgan fingerprint density at radius 1 is 1.08 bits per heavy atom. The van der Waals surface area contributed by atoms with Crippen molar-refractivity contribution in [1.29, 1.82) is 0 Å². The minimum Gasteiger partial charge on any atom is -0.846 e. The molecule has 0 aliphatic rings. The van der Waals surface area contributed by atoms with Gasteiger partial charge in [0.1, 0.15) is 0 Å². The van der Waals surface area contributed by atoms with Gasteiger partial charge in [-0.25, -0.2) is 4.99 Å². The first-order valence-electron chi connectivity index (χ1n) is 7.78. The van der Waals surface area contributed by atoms with Gasteiger partial charge in [0, 0.05) is 12.1 Å². The second-order valence-corrected chi connectivity index (χ2v) is 5.30. The van der Waals surface area contributed by atoms with Gasteiger partial charge in [-0.05, 0) is 24.1 Å². The molecule has 6 heteroatoms. The lowest BCUT2D eigenvalue weighted by Crippen LogP contribution is -2.34. The van der Waals surface area contributed by atoms with Gasteiger partial charge >= 0.3 is 5.88 Å². The highest BCUT2D eigenvalue weighted by molar-refractivity contribution is 5.86. The van der Waals surface area contributed by atoms with Crippen molar-refractivity contribution >= 4 is 17.6 Å². The van der Waals surface area contributed by atoms with Crippen LogP contribution in [0.3, 0.4) is 0 Å². The number of aryl methyl sites for hydroxylation is 2. The van der Waals surface area contributed by atoms with Crippen molar-refractivity contribution in [3.05, 3.63) is 72.4 Å². The molecule has 1 N–H and O–H groups in total. The number of benzene rings is 2. The van der Waals surface area contributed by atoms with Crippen molar-refractivity contribution in [2.24, 2.45) is 4.99 Å². The summed E-state index contributed by atoms with van der Waals surface area (Å²) in [6.07, 6.45) is 3.51. The van der Waals surface area contributed by atoms with Gasteiger partial charge in [-0.3, -0.25) is 4.52 Å². The first-order chi connectivity index (χ1) is 11.8. The molecule has 1 aromatic heterocycles. The van der Waals surface area contributed by atoms with E-state index in [1.54, 1.807) is 23.0 Å². The van der Waals surface area contributed by atoms with Crippen LogP contribution in [0.25, 0.3) is 0 Å². The average molecular weight is 322 g/mol. The van der Waals surface area contributed by atoms with Gasteiger partial charge in [0.15, 0.2) is 6.54 Å². The molecule has 6 nitrogen and oxygen atoms in total. The van der Waals surface area contributed by atoms with Crippen molar-refractivity contribution in [2.75, 3.05) is 5.32 Å². The Bertz CT molecular complexity index is 785. The van der Waals surface area contributed by atoms with Crippen LogP contribution in [-0.4, -0.2) is 11.3 Å². The zero-order valence-electron chi connectivity index (χ0n) is 13.1. The van der Waals surface area contributed by atoms with Gasteiger partial charge in [-0.1, -0.05) is 53.2 Å². The Morgan fingerprint density at radius 2 is 1.79 bits per heavy atom. The number of nitrogens with zero attached hydrogens (tertiary/aromatic N) is 3. The molecule has 0 amide bonds. The lowest BCUT2D eigenvalue weighted by molar-refractivity contribution is -0.762. The molecule has 0 saturated heterocycles. The fourth-order valence-electron chi connectivity index (χ4n) is 2.29. The lowest BCUT2D eigenvalue weighted by atomic mass is 10.1. The second kappa shape index (κ2) is 7.92. The van der Waals surface area contributed by atoms with Crippen molar-refractivity contribution in [3.8, 4) is 0 Å². The van der Waals surface area contributed by atoms with E-state index < -0.39 is 6.02 Å². The number of nitrogens with one attached hydrogen (secondary N) is 1. The van der Waals surface area contributed by atoms with Crippen LogP contribution in [0.5, 0.6) is 0 Å². The quantitative estimate of drug-likeness (QED) is 0.428. The number of hydrogen-bond donors (Lipinski definition) is 1. The Balaban J connectivity index is 1.52. The predicted octanol–water partition coefficient (Wildman–Crippen LogP) is 2.05. The van der Waals surface area contributed by atoms with Crippen molar-refractivity contribution < 1.29 is 14.3 Å². The zero-order valence-corrected chi connectivity index (χ0v) is 13.1. The monoisotopic (exact) mass is 322 g/mol. The first-order valence-corrected chi connectivity index (χ1v) is 7.78. The summed E-state index contributed by atoms with van der Waals surface area (Å²) in [7, 11) is 0. The van der Waals surface area contributed by atoms with Crippen LogP contribution in [-0.2, 0) is 13.0 Å². The predicted molar refractivity (Wildman–Crippen MR) is 88.6 cm³/mol. The van der Waals surface area contributed by atoms with Crippen LogP contribution in [0, 0.1) is 0 Å². The SMILES string of the molecule is [O-]/C(=N\c1c[n+](CCCc2ccccc2)no1)Nc1ccccc1. The van der Waals surface area contributed by atoms with Gasteiger partial charge in [0.25, 0.3) is 6.20 Å². The highest BCUT2D eigenvalue weighted by Crippen LogP contribution is 2.09. The maximum atomic E-state index is 11.8. The summed E-state index contributed by atoms with van der Waals surface area (Å²) in [5.41, 5.74) is 1.97. The van der Waals surface area contributed by atoms with Gasteiger partial charge in [0.2, 0.25) is 5.27 Å². The number of aliphatic imine (C=N–C) groups is 1. The molecule has 0 atom stereocenters. The number of anilines is 1. The van der Waals surface area contributed by atoms with Crippen LogP contribution in [0.2, 0.25) is 0 Å². The van der Waals surface area contributed by atoms with E-state index in [0.717, 1.165) is 12.8 Å². The van der Waals surface area contributed by atoms with Gasteiger partial charge in [-0.15, -0.1) is 0 Å². The molecule has 0 bridgehead atoms. The van der Waals surface area contributed by atoms with E-state index in [4.69, 9.17) is 4.52 Å². The van der Waals surface area contributed by atoms with Crippen LogP contribution in [0.15, 0.2) is 76.4 Å². The fraction of sp³-hybridized carbons (Fsp3) is 0.167. The Labute approximate surface area is 140 Å². The molecule has 2 aromatic carbocycles. The summed E-state index contributed by atoms with van der Waals surface area (Å²) in [5, 5.41) is 18.4. The molecular formula is C18H18N4O2. The molecule has 3 aromatic rings. The smallest absolute Gasteiger partial charge is 0.322 e. The van der Waals surface area contributed by atoms with E-state index in [2.05, 4.69) is 27.7 Å². The van der Waals surface area contributed by atoms with E-state index in [-0.39, 0.29) is 5.88 Å². The molecule has 0 saturated carbocycles. The summed E-state index contributed by atoms with van der Waals surface area (Å²) in [5.74, 6) is 0.183. The molecule has 24 heavy (non-hydrogen) atoms.